The standard InChI is InChI=1S/C25H34N8O3.C9H16N2/c1-25(2,3)36-24(35)33-9-7-32(8-10-33)21-13-20-19(30-23(28-4)31-20)12-17(21)22(34)29-16-6-5-15(14-26)18(27)11-16;1-3-11(8-10-2)9-6-4-5-7-9/h5-6,11-14,23,26,28,30-31H,7-10,27H2,1-4H3,(H,29,34);3,8-9H,1,4-7H2,2H3. The molecule has 1 aliphatic carbocycles. The molecule has 47 heavy (non-hydrogen) atoms. The zero-order valence-corrected chi connectivity index (χ0v) is 28.2. The number of amides is 2. The van der Waals surface area contributed by atoms with Crippen LogP contribution >= 0.6 is 0 Å². The predicted octanol–water partition coefficient (Wildman–Crippen LogP) is 4.95. The number of nitrogens with one attached hydrogen (secondary N) is 5. The molecule has 2 heterocycles. The number of rotatable bonds is 8. The van der Waals surface area contributed by atoms with Crippen LogP contribution in [0.2, 0.25) is 0 Å². The van der Waals surface area contributed by atoms with E-state index >= 15 is 0 Å². The van der Waals surface area contributed by atoms with Gasteiger partial charge < -0.3 is 46.5 Å². The van der Waals surface area contributed by atoms with E-state index in [1.165, 1.54) is 31.9 Å². The number of fused-ring (bicyclic) bond motifs is 1. The quantitative estimate of drug-likeness (QED) is 0.132. The summed E-state index contributed by atoms with van der Waals surface area (Å²) in [5.74, 6) is -0.279. The van der Waals surface area contributed by atoms with Crippen molar-refractivity contribution >= 4 is 53.0 Å². The highest BCUT2D eigenvalue weighted by molar-refractivity contribution is 6.10. The minimum atomic E-state index is -0.553. The van der Waals surface area contributed by atoms with E-state index in [2.05, 4.69) is 42.6 Å². The first-order valence-electron chi connectivity index (χ1n) is 16.1. The van der Waals surface area contributed by atoms with Gasteiger partial charge in [-0.1, -0.05) is 19.4 Å². The summed E-state index contributed by atoms with van der Waals surface area (Å²) in [6, 6.07) is 9.51. The number of hydrogen-bond donors (Lipinski definition) is 6. The minimum Gasteiger partial charge on any atom is -0.444 e. The lowest BCUT2D eigenvalue weighted by Gasteiger charge is -2.37. The van der Waals surface area contributed by atoms with E-state index in [0.717, 1.165) is 17.1 Å². The molecule has 7 N–H and O–H groups in total. The summed E-state index contributed by atoms with van der Waals surface area (Å²) in [6.07, 6.45) is 9.71. The second-order valence-corrected chi connectivity index (χ2v) is 12.8. The number of carbonyl (C=O) groups is 2. The van der Waals surface area contributed by atoms with Gasteiger partial charge in [0.05, 0.1) is 29.0 Å². The van der Waals surface area contributed by atoms with Crippen LogP contribution in [0.5, 0.6) is 0 Å². The summed E-state index contributed by atoms with van der Waals surface area (Å²) < 4.78 is 5.51. The van der Waals surface area contributed by atoms with E-state index < -0.39 is 5.60 Å². The highest BCUT2D eigenvalue weighted by atomic mass is 16.6. The highest BCUT2D eigenvalue weighted by Crippen LogP contribution is 2.37. The maximum absolute atomic E-state index is 13.5. The number of nitrogen functional groups attached to an aromatic ring is 1. The van der Waals surface area contributed by atoms with Crippen LogP contribution in [0.4, 0.5) is 33.2 Å². The molecular formula is C34H50N10O3. The van der Waals surface area contributed by atoms with E-state index in [1.807, 2.05) is 52.5 Å². The molecule has 2 aliphatic heterocycles. The molecule has 13 heteroatoms. The summed E-state index contributed by atoms with van der Waals surface area (Å²) in [7, 11) is 3.63. The number of nitrogens with zero attached hydrogens (tertiary/aromatic N) is 4. The van der Waals surface area contributed by atoms with Crippen LogP contribution in [0, 0.1) is 5.41 Å². The Bertz CT molecular complexity index is 1460. The Kier molecular flexibility index (Phi) is 11.7. The molecule has 2 aromatic carbocycles. The van der Waals surface area contributed by atoms with Crippen molar-refractivity contribution in [1.82, 2.24) is 15.1 Å². The number of ether oxygens (including phenoxy) is 1. The van der Waals surface area contributed by atoms with Crippen LogP contribution in [-0.4, -0.2) is 92.6 Å². The van der Waals surface area contributed by atoms with Gasteiger partial charge in [-0.3, -0.25) is 15.1 Å². The number of piperazine rings is 1. The molecule has 5 rings (SSSR count). The van der Waals surface area contributed by atoms with Crippen molar-refractivity contribution in [2.75, 3.05) is 66.9 Å². The Hall–Kier alpha value is -4.78. The van der Waals surface area contributed by atoms with Crippen molar-refractivity contribution < 1.29 is 14.3 Å². The van der Waals surface area contributed by atoms with Crippen molar-refractivity contribution in [3.8, 4) is 0 Å². The molecule has 1 unspecified atom stereocenters. The summed E-state index contributed by atoms with van der Waals surface area (Å²) in [5, 5.41) is 20.1. The van der Waals surface area contributed by atoms with E-state index in [-0.39, 0.29) is 18.3 Å². The smallest absolute Gasteiger partial charge is 0.410 e. The first-order chi connectivity index (χ1) is 22.5. The minimum absolute atomic E-state index is 0.149. The van der Waals surface area contributed by atoms with E-state index in [9.17, 15) is 9.59 Å². The fraction of sp³-hybridized carbons (Fsp3) is 0.471. The number of anilines is 5. The van der Waals surface area contributed by atoms with Gasteiger partial charge in [0, 0.05) is 62.4 Å². The van der Waals surface area contributed by atoms with Gasteiger partial charge >= 0.3 is 6.09 Å². The molecule has 1 saturated heterocycles. The SMILES string of the molecule is C=CN(C=NC)C1CCCC1.CNC1Nc2cc(C(=O)Nc3ccc(C=N)c(N)c3)c(N3CCN(C(=O)OC(C)(C)C)CC3)cc2N1. The number of nitrogens with two attached hydrogens (primary N) is 1. The summed E-state index contributed by atoms with van der Waals surface area (Å²) >= 11 is 0. The molecule has 0 radical (unpaired) electrons. The number of benzene rings is 2. The van der Waals surface area contributed by atoms with Gasteiger partial charge in [0.1, 0.15) is 5.60 Å². The largest absolute Gasteiger partial charge is 0.444 e. The second-order valence-electron chi connectivity index (χ2n) is 12.8. The lowest BCUT2D eigenvalue weighted by Crippen LogP contribution is -2.50. The van der Waals surface area contributed by atoms with Gasteiger partial charge in [-0.25, -0.2) is 4.79 Å². The van der Waals surface area contributed by atoms with Crippen LogP contribution in [0.1, 0.15) is 62.4 Å². The maximum atomic E-state index is 13.5. The Labute approximate surface area is 278 Å². The summed E-state index contributed by atoms with van der Waals surface area (Å²) in [5.41, 5.74) is 9.95. The first kappa shape index (κ1) is 35.1. The molecule has 2 fully saturated rings. The van der Waals surface area contributed by atoms with E-state index in [4.69, 9.17) is 15.9 Å². The fourth-order valence-electron chi connectivity index (χ4n) is 5.83. The molecule has 2 amide bonds. The molecular weight excluding hydrogens is 596 g/mol. The Balaban J connectivity index is 0.000000385. The van der Waals surface area contributed by atoms with Gasteiger partial charge in [0.25, 0.3) is 5.91 Å². The maximum Gasteiger partial charge on any atom is 0.410 e. The molecule has 13 nitrogen and oxygen atoms in total. The Morgan fingerprint density at radius 2 is 1.77 bits per heavy atom. The van der Waals surface area contributed by atoms with Crippen LogP contribution in [0.15, 0.2) is 48.1 Å². The van der Waals surface area contributed by atoms with Gasteiger partial charge in [0.15, 0.2) is 6.29 Å². The van der Waals surface area contributed by atoms with Crippen LogP contribution in [0.3, 0.4) is 0 Å². The molecule has 254 valence electrons. The third-order valence-corrected chi connectivity index (χ3v) is 8.25. The average Bonchev–Trinajstić information content (AvgIpc) is 3.73. The van der Waals surface area contributed by atoms with Crippen LogP contribution < -0.4 is 31.9 Å². The summed E-state index contributed by atoms with van der Waals surface area (Å²) in [6.45, 7) is 11.4. The van der Waals surface area contributed by atoms with Gasteiger partial charge in [-0.2, -0.15) is 0 Å². The molecule has 0 spiro atoms. The predicted molar refractivity (Wildman–Crippen MR) is 192 cm³/mol. The van der Waals surface area contributed by atoms with Crippen molar-refractivity contribution in [3.63, 3.8) is 0 Å². The molecule has 1 saturated carbocycles. The second kappa shape index (κ2) is 15.7. The van der Waals surface area contributed by atoms with Crippen molar-refractivity contribution in [2.24, 2.45) is 4.99 Å². The van der Waals surface area contributed by atoms with Crippen LogP contribution in [-0.2, 0) is 4.74 Å². The van der Waals surface area contributed by atoms with Crippen molar-refractivity contribution in [2.45, 2.75) is 64.4 Å². The molecule has 0 bridgehead atoms. The monoisotopic (exact) mass is 646 g/mol. The Morgan fingerprint density at radius 3 is 2.32 bits per heavy atom. The Morgan fingerprint density at radius 1 is 1.11 bits per heavy atom. The third kappa shape index (κ3) is 9.16. The summed E-state index contributed by atoms with van der Waals surface area (Å²) in [4.78, 5) is 35.9. The molecule has 3 aliphatic rings. The number of hydrogen-bond acceptors (Lipinski definition) is 10. The average molecular weight is 647 g/mol. The van der Waals surface area contributed by atoms with Gasteiger partial charge in [-0.05, 0) is 77.2 Å². The molecule has 2 aromatic rings. The lowest BCUT2D eigenvalue weighted by atomic mass is 10.1. The highest BCUT2D eigenvalue weighted by Gasteiger charge is 2.30. The first-order valence-corrected chi connectivity index (χ1v) is 16.1. The number of aliphatic imine (C=N–C) groups is 1. The van der Waals surface area contributed by atoms with E-state index in [0.29, 0.717) is 54.7 Å². The zero-order valence-electron chi connectivity index (χ0n) is 28.2. The zero-order chi connectivity index (χ0) is 34.1. The van der Waals surface area contributed by atoms with Gasteiger partial charge in [-0.15, -0.1) is 0 Å². The molecule has 0 aromatic heterocycles. The normalized spacial score (nSPS) is 17.6. The topological polar surface area (TPSA) is 163 Å². The lowest BCUT2D eigenvalue weighted by molar-refractivity contribution is 0.0240. The van der Waals surface area contributed by atoms with Crippen LogP contribution in [0.25, 0.3) is 0 Å². The molecule has 1 atom stereocenters. The fourth-order valence-corrected chi connectivity index (χ4v) is 5.83. The number of carbonyl (C=O) groups excluding carboxylic acids is 2. The van der Waals surface area contributed by atoms with Crippen molar-refractivity contribution in [1.29, 1.82) is 5.41 Å². The third-order valence-electron chi connectivity index (χ3n) is 8.25. The van der Waals surface area contributed by atoms with Crippen molar-refractivity contribution in [3.05, 3.63) is 54.2 Å². The van der Waals surface area contributed by atoms with Gasteiger partial charge in [0.2, 0.25) is 0 Å². The van der Waals surface area contributed by atoms with E-state index in [1.54, 1.807) is 30.1 Å².